The van der Waals surface area contributed by atoms with Crippen LogP contribution in [-0.4, -0.2) is 34.2 Å². The molecule has 150 valence electrons. The van der Waals surface area contributed by atoms with Crippen LogP contribution >= 0.6 is 11.6 Å². The Morgan fingerprint density at radius 2 is 1.93 bits per heavy atom. The van der Waals surface area contributed by atoms with Crippen molar-refractivity contribution < 1.29 is 9.18 Å². The first-order valence-electron chi connectivity index (χ1n) is 9.15. The van der Waals surface area contributed by atoms with E-state index in [-0.39, 0.29) is 17.4 Å². The smallest absolute Gasteiger partial charge is 0.279 e. The lowest BCUT2D eigenvalue weighted by Crippen LogP contribution is -2.30. The van der Waals surface area contributed by atoms with Crippen molar-refractivity contribution in [1.82, 2.24) is 9.78 Å². The molecular formula is C22H17ClFN5O. The van der Waals surface area contributed by atoms with E-state index in [1.165, 1.54) is 23.0 Å². The van der Waals surface area contributed by atoms with E-state index in [1.54, 1.807) is 30.0 Å². The number of carbonyl (C=O) groups excluding carboxylic acids is 1. The van der Waals surface area contributed by atoms with Crippen molar-refractivity contribution in [3.05, 3.63) is 89.0 Å². The third-order valence-corrected chi connectivity index (χ3v) is 5.04. The van der Waals surface area contributed by atoms with Gasteiger partial charge in [0.05, 0.1) is 28.8 Å². The molecule has 30 heavy (non-hydrogen) atoms. The molecule has 3 aromatic rings. The Hall–Kier alpha value is -3.58. The Labute approximate surface area is 177 Å². The Morgan fingerprint density at radius 1 is 1.20 bits per heavy atom. The topological polar surface area (TPSA) is 62.9 Å². The van der Waals surface area contributed by atoms with Gasteiger partial charge >= 0.3 is 0 Å². The summed E-state index contributed by atoms with van der Waals surface area (Å²) in [7, 11) is 0. The van der Waals surface area contributed by atoms with Gasteiger partial charge in [-0.1, -0.05) is 35.9 Å². The standard InChI is InChI=1S/C22H17ClFN5O/c1-3-12-28-19-7-5-4-6-17(19)20(22(28)30)26-25-13-18-14(2)27-29(21(18)23)16-10-8-15(24)9-11-16/h3-11,13H,1,12H2,2H3/b25-13+,26-20+. The van der Waals surface area contributed by atoms with Crippen LogP contribution in [0, 0.1) is 12.7 Å². The Balaban J connectivity index is 1.67. The molecule has 4 rings (SSSR count). The normalized spacial score (nSPS) is 14.7. The Kier molecular flexibility index (Phi) is 5.29. The van der Waals surface area contributed by atoms with Gasteiger partial charge in [0.25, 0.3) is 5.91 Å². The zero-order valence-electron chi connectivity index (χ0n) is 16.1. The summed E-state index contributed by atoms with van der Waals surface area (Å²) in [5, 5.41) is 13.0. The molecule has 6 nitrogen and oxygen atoms in total. The van der Waals surface area contributed by atoms with Crippen molar-refractivity contribution in [3.63, 3.8) is 0 Å². The molecule has 2 heterocycles. The summed E-state index contributed by atoms with van der Waals surface area (Å²) in [6.45, 7) is 5.86. The van der Waals surface area contributed by atoms with Crippen LogP contribution in [-0.2, 0) is 4.79 Å². The summed E-state index contributed by atoms with van der Waals surface area (Å²) < 4.78 is 14.7. The molecule has 1 aliphatic heterocycles. The molecule has 0 radical (unpaired) electrons. The summed E-state index contributed by atoms with van der Waals surface area (Å²) in [6, 6.07) is 13.2. The summed E-state index contributed by atoms with van der Waals surface area (Å²) in [4.78, 5) is 14.3. The van der Waals surface area contributed by atoms with Crippen molar-refractivity contribution in [3.8, 4) is 5.69 Å². The van der Waals surface area contributed by atoms with Crippen LogP contribution < -0.4 is 4.90 Å². The van der Waals surface area contributed by atoms with E-state index in [4.69, 9.17) is 11.6 Å². The molecule has 0 N–H and O–H groups in total. The minimum absolute atomic E-state index is 0.238. The third kappa shape index (κ3) is 3.44. The summed E-state index contributed by atoms with van der Waals surface area (Å²) in [5.74, 6) is -0.582. The predicted molar refractivity (Wildman–Crippen MR) is 116 cm³/mol. The fourth-order valence-electron chi connectivity index (χ4n) is 3.22. The number of nitrogens with zero attached hydrogens (tertiary/aromatic N) is 5. The van der Waals surface area contributed by atoms with Gasteiger partial charge in [0.2, 0.25) is 0 Å². The fraction of sp³-hybridized carbons (Fsp3) is 0.0909. The van der Waals surface area contributed by atoms with Crippen molar-refractivity contribution in [2.24, 2.45) is 10.2 Å². The predicted octanol–water partition coefficient (Wildman–Crippen LogP) is 4.33. The molecule has 0 unspecified atom stereocenters. The van der Waals surface area contributed by atoms with Crippen LogP contribution in [0.5, 0.6) is 0 Å². The van der Waals surface area contributed by atoms with Crippen molar-refractivity contribution >= 4 is 35.1 Å². The van der Waals surface area contributed by atoms with E-state index < -0.39 is 0 Å². The summed E-state index contributed by atoms with van der Waals surface area (Å²) in [5.41, 5.74) is 3.55. The molecule has 0 fully saturated rings. The number of amides is 1. The first-order valence-corrected chi connectivity index (χ1v) is 9.53. The number of anilines is 1. The molecule has 0 aliphatic carbocycles. The second-order valence-electron chi connectivity index (χ2n) is 6.59. The first kappa shape index (κ1) is 19.7. The Bertz CT molecular complexity index is 1200. The number of hydrogen-bond acceptors (Lipinski definition) is 4. The highest BCUT2D eigenvalue weighted by Crippen LogP contribution is 2.29. The number of rotatable bonds is 5. The minimum atomic E-state index is -0.344. The average molecular weight is 422 g/mol. The molecule has 1 aromatic heterocycles. The molecule has 8 heteroatoms. The van der Waals surface area contributed by atoms with Crippen molar-refractivity contribution in [2.45, 2.75) is 6.92 Å². The zero-order valence-corrected chi connectivity index (χ0v) is 16.8. The van der Waals surface area contributed by atoms with Gasteiger partial charge in [-0.15, -0.1) is 11.7 Å². The Morgan fingerprint density at radius 3 is 2.67 bits per heavy atom. The molecule has 0 bridgehead atoms. The second kappa shape index (κ2) is 8.04. The van der Waals surface area contributed by atoms with Gasteiger partial charge in [0.1, 0.15) is 11.0 Å². The zero-order chi connectivity index (χ0) is 21.3. The highest BCUT2D eigenvalue weighted by atomic mass is 35.5. The molecule has 0 atom stereocenters. The number of aryl methyl sites for hydroxylation is 1. The van der Waals surface area contributed by atoms with E-state index in [1.807, 2.05) is 24.3 Å². The van der Waals surface area contributed by atoms with E-state index in [0.29, 0.717) is 34.2 Å². The number of carbonyl (C=O) groups is 1. The highest BCUT2D eigenvalue weighted by Gasteiger charge is 2.33. The molecule has 2 aromatic carbocycles. The molecule has 1 amide bonds. The van der Waals surface area contributed by atoms with Gasteiger partial charge in [-0.3, -0.25) is 4.79 Å². The maximum absolute atomic E-state index is 13.2. The summed E-state index contributed by atoms with van der Waals surface area (Å²) in [6.07, 6.45) is 3.12. The van der Waals surface area contributed by atoms with Crippen molar-refractivity contribution in [1.29, 1.82) is 0 Å². The molecule has 0 saturated heterocycles. The highest BCUT2D eigenvalue weighted by molar-refractivity contribution is 6.54. The van der Waals surface area contributed by atoms with E-state index in [9.17, 15) is 9.18 Å². The number of halogens is 2. The van der Waals surface area contributed by atoms with Crippen LogP contribution in [0.15, 0.2) is 71.4 Å². The number of fused-ring (bicyclic) bond motifs is 1. The lowest BCUT2D eigenvalue weighted by molar-refractivity contribution is -0.112. The number of aromatic nitrogens is 2. The number of benzene rings is 2. The largest absolute Gasteiger partial charge is 0.302 e. The lowest BCUT2D eigenvalue weighted by Gasteiger charge is -2.13. The first-order chi connectivity index (χ1) is 14.5. The lowest BCUT2D eigenvalue weighted by atomic mass is 10.1. The fourth-order valence-corrected chi connectivity index (χ4v) is 3.55. The van der Waals surface area contributed by atoms with Gasteiger partial charge in [0.15, 0.2) is 5.71 Å². The number of hydrogen-bond donors (Lipinski definition) is 0. The van der Waals surface area contributed by atoms with Gasteiger partial charge in [-0.25, -0.2) is 9.07 Å². The van der Waals surface area contributed by atoms with Gasteiger partial charge in [-0.2, -0.15) is 10.2 Å². The van der Waals surface area contributed by atoms with E-state index in [2.05, 4.69) is 21.9 Å². The maximum Gasteiger partial charge on any atom is 0.279 e. The maximum atomic E-state index is 13.2. The molecule has 0 saturated carbocycles. The van der Waals surface area contributed by atoms with Crippen LogP contribution in [0.2, 0.25) is 5.15 Å². The van der Waals surface area contributed by atoms with Crippen LogP contribution in [0.1, 0.15) is 16.8 Å². The van der Waals surface area contributed by atoms with Crippen molar-refractivity contribution in [2.75, 3.05) is 11.4 Å². The van der Waals surface area contributed by atoms with Crippen LogP contribution in [0.25, 0.3) is 5.69 Å². The molecular weight excluding hydrogens is 405 g/mol. The second-order valence-corrected chi connectivity index (χ2v) is 6.95. The third-order valence-electron chi connectivity index (χ3n) is 4.67. The van der Waals surface area contributed by atoms with Crippen LogP contribution in [0.3, 0.4) is 0 Å². The molecule has 1 aliphatic rings. The van der Waals surface area contributed by atoms with Gasteiger partial charge in [0, 0.05) is 12.1 Å². The van der Waals surface area contributed by atoms with E-state index in [0.717, 1.165) is 5.69 Å². The SMILES string of the molecule is C=CCN1C(=O)/C(=N/N=C/c2c(C)nn(-c3ccc(F)cc3)c2Cl)c2ccccc21. The molecule has 0 spiro atoms. The summed E-state index contributed by atoms with van der Waals surface area (Å²) >= 11 is 6.45. The van der Waals surface area contributed by atoms with Gasteiger partial charge in [-0.05, 0) is 37.3 Å². The minimum Gasteiger partial charge on any atom is -0.302 e. The average Bonchev–Trinajstić information content (AvgIpc) is 3.17. The number of para-hydroxylation sites is 1. The van der Waals surface area contributed by atoms with Crippen LogP contribution in [0.4, 0.5) is 10.1 Å². The monoisotopic (exact) mass is 421 g/mol. The van der Waals surface area contributed by atoms with Gasteiger partial charge < -0.3 is 4.90 Å². The van der Waals surface area contributed by atoms with E-state index >= 15 is 0 Å². The quantitative estimate of drug-likeness (QED) is 0.349.